The number of esters is 1. The van der Waals surface area contributed by atoms with Gasteiger partial charge in [0.1, 0.15) is 6.54 Å². The molecule has 0 spiro atoms. The van der Waals surface area contributed by atoms with Gasteiger partial charge in [-0.1, -0.05) is 23.2 Å². The Labute approximate surface area is 96.1 Å². The number of halogens is 3. The van der Waals surface area contributed by atoms with Crippen LogP contribution in [-0.4, -0.2) is 19.6 Å². The van der Waals surface area contributed by atoms with Gasteiger partial charge in [-0.05, 0) is 12.1 Å². The zero-order valence-corrected chi connectivity index (χ0v) is 9.32. The molecule has 3 nitrogen and oxygen atoms in total. The third-order valence-electron chi connectivity index (χ3n) is 1.65. The monoisotopic (exact) mass is 251 g/mol. The van der Waals surface area contributed by atoms with Gasteiger partial charge in [-0.3, -0.25) is 4.79 Å². The summed E-state index contributed by atoms with van der Waals surface area (Å²) in [5.74, 6) is -1.12. The minimum Gasteiger partial charge on any atom is -0.468 e. The summed E-state index contributed by atoms with van der Waals surface area (Å²) in [5, 5.41) is 2.49. The Kier molecular flexibility index (Phi) is 4.17. The van der Waals surface area contributed by atoms with E-state index < -0.39 is 11.8 Å². The minimum atomic E-state index is -0.679. The number of hydrogen-bond acceptors (Lipinski definition) is 3. The molecule has 15 heavy (non-hydrogen) atoms. The van der Waals surface area contributed by atoms with Crippen molar-refractivity contribution in [1.29, 1.82) is 0 Å². The second-order valence-corrected chi connectivity index (χ2v) is 3.50. The molecule has 6 heteroatoms. The Balaban J connectivity index is 2.75. The summed E-state index contributed by atoms with van der Waals surface area (Å²) in [6, 6.07) is 2.68. The summed E-state index contributed by atoms with van der Waals surface area (Å²) in [6.07, 6.45) is 0. The van der Waals surface area contributed by atoms with E-state index in [1.54, 1.807) is 0 Å². The second kappa shape index (κ2) is 5.19. The predicted molar refractivity (Wildman–Crippen MR) is 56.9 cm³/mol. The molecule has 0 fully saturated rings. The molecule has 1 aromatic carbocycles. The number of hydrogen-bond donors (Lipinski definition) is 1. The second-order valence-electron chi connectivity index (χ2n) is 2.68. The van der Waals surface area contributed by atoms with Crippen molar-refractivity contribution < 1.29 is 13.9 Å². The van der Waals surface area contributed by atoms with Crippen LogP contribution in [0.2, 0.25) is 10.0 Å². The van der Waals surface area contributed by atoms with Gasteiger partial charge < -0.3 is 10.1 Å². The van der Waals surface area contributed by atoms with E-state index in [1.165, 1.54) is 19.2 Å². The quantitative estimate of drug-likeness (QED) is 0.663. The van der Waals surface area contributed by atoms with Crippen molar-refractivity contribution in [3.63, 3.8) is 0 Å². The van der Waals surface area contributed by atoms with Gasteiger partial charge in [-0.2, -0.15) is 0 Å². The SMILES string of the molecule is COC(=O)CNc1cc(Cl)c(F)c(Cl)c1. The highest BCUT2D eigenvalue weighted by Gasteiger charge is 2.08. The maximum absolute atomic E-state index is 13.0. The summed E-state index contributed by atoms with van der Waals surface area (Å²) in [5.41, 5.74) is 0.455. The van der Waals surface area contributed by atoms with Gasteiger partial charge in [0.05, 0.1) is 17.2 Å². The highest BCUT2D eigenvalue weighted by atomic mass is 35.5. The van der Waals surface area contributed by atoms with Crippen LogP contribution in [0.4, 0.5) is 10.1 Å². The van der Waals surface area contributed by atoms with E-state index in [-0.39, 0.29) is 16.6 Å². The molecule has 0 aromatic heterocycles. The molecular weight excluding hydrogens is 244 g/mol. The van der Waals surface area contributed by atoms with E-state index in [0.29, 0.717) is 5.69 Å². The summed E-state index contributed by atoms with van der Waals surface area (Å²) in [6.45, 7) is -0.0329. The third-order valence-corrected chi connectivity index (χ3v) is 2.20. The van der Waals surface area contributed by atoms with Crippen molar-refractivity contribution in [3.8, 4) is 0 Å². The highest BCUT2D eigenvalue weighted by molar-refractivity contribution is 6.35. The van der Waals surface area contributed by atoms with Gasteiger partial charge in [0.2, 0.25) is 0 Å². The molecule has 0 bridgehead atoms. The van der Waals surface area contributed by atoms with Crippen molar-refractivity contribution in [2.24, 2.45) is 0 Å². The maximum atomic E-state index is 13.0. The number of rotatable bonds is 3. The van der Waals surface area contributed by atoms with Crippen LogP contribution in [0.5, 0.6) is 0 Å². The molecule has 0 radical (unpaired) electrons. The van der Waals surface area contributed by atoms with Gasteiger partial charge in [0.25, 0.3) is 0 Å². The van der Waals surface area contributed by atoms with Crippen molar-refractivity contribution in [2.75, 3.05) is 19.0 Å². The van der Waals surface area contributed by atoms with Crippen molar-refractivity contribution in [2.45, 2.75) is 0 Å². The number of methoxy groups -OCH3 is 1. The molecule has 0 aliphatic carbocycles. The van der Waals surface area contributed by atoms with E-state index in [0.717, 1.165) is 0 Å². The molecule has 0 aliphatic rings. The molecular formula is C9H8Cl2FNO2. The van der Waals surface area contributed by atoms with Crippen LogP contribution >= 0.6 is 23.2 Å². The molecule has 1 rings (SSSR count). The van der Waals surface area contributed by atoms with Gasteiger partial charge in [0.15, 0.2) is 5.82 Å². The Morgan fingerprint density at radius 1 is 1.47 bits per heavy atom. The fraction of sp³-hybridized carbons (Fsp3) is 0.222. The van der Waals surface area contributed by atoms with Gasteiger partial charge >= 0.3 is 5.97 Å². The van der Waals surface area contributed by atoms with Crippen LogP contribution in [0.1, 0.15) is 0 Å². The number of anilines is 1. The van der Waals surface area contributed by atoms with Crippen LogP contribution in [0.15, 0.2) is 12.1 Å². The zero-order chi connectivity index (χ0) is 11.4. The molecule has 1 aromatic rings. The lowest BCUT2D eigenvalue weighted by atomic mass is 10.3. The smallest absolute Gasteiger partial charge is 0.325 e. The van der Waals surface area contributed by atoms with Crippen LogP contribution in [0.3, 0.4) is 0 Å². The number of benzene rings is 1. The molecule has 0 unspecified atom stereocenters. The first-order valence-corrected chi connectivity index (χ1v) is 4.75. The first-order valence-electron chi connectivity index (χ1n) is 4.00. The lowest BCUT2D eigenvalue weighted by Gasteiger charge is -2.06. The molecule has 0 atom stereocenters. The normalized spacial score (nSPS) is 9.87. The maximum Gasteiger partial charge on any atom is 0.325 e. The first-order chi connectivity index (χ1) is 7.04. The molecule has 0 heterocycles. The molecule has 0 saturated carbocycles. The Morgan fingerprint density at radius 3 is 2.47 bits per heavy atom. The van der Waals surface area contributed by atoms with E-state index in [1.807, 2.05) is 0 Å². The first kappa shape index (κ1) is 12.1. The van der Waals surface area contributed by atoms with Gasteiger partial charge in [-0.15, -0.1) is 0 Å². The standard InChI is InChI=1S/C9H8Cl2FNO2/c1-15-8(14)4-13-5-2-6(10)9(12)7(11)3-5/h2-3,13H,4H2,1H3. The van der Waals surface area contributed by atoms with Gasteiger partial charge in [-0.25, -0.2) is 4.39 Å². The molecule has 0 saturated heterocycles. The minimum absolute atomic E-state index is 0.0329. The summed E-state index contributed by atoms with van der Waals surface area (Å²) < 4.78 is 17.4. The molecule has 1 N–H and O–H groups in total. The fourth-order valence-corrected chi connectivity index (χ4v) is 1.39. The van der Waals surface area contributed by atoms with E-state index in [4.69, 9.17) is 23.2 Å². The summed E-state index contributed by atoms with van der Waals surface area (Å²) in [7, 11) is 1.27. The van der Waals surface area contributed by atoms with Crippen molar-refractivity contribution in [3.05, 3.63) is 28.0 Å². The van der Waals surface area contributed by atoms with Crippen molar-refractivity contribution >= 4 is 34.9 Å². The molecule has 82 valence electrons. The Bertz CT molecular complexity index is 361. The van der Waals surface area contributed by atoms with E-state index >= 15 is 0 Å². The van der Waals surface area contributed by atoms with Crippen LogP contribution < -0.4 is 5.32 Å². The third kappa shape index (κ3) is 3.25. The fourth-order valence-electron chi connectivity index (χ4n) is 0.904. The lowest BCUT2D eigenvalue weighted by molar-refractivity contribution is -0.138. The number of carbonyl (C=O) groups is 1. The van der Waals surface area contributed by atoms with E-state index in [9.17, 15) is 9.18 Å². The van der Waals surface area contributed by atoms with Crippen molar-refractivity contribution in [1.82, 2.24) is 0 Å². The molecule has 0 amide bonds. The van der Waals surface area contributed by atoms with Crippen LogP contribution in [0.25, 0.3) is 0 Å². The topological polar surface area (TPSA) is 38.3 Å². The summed E-state index contributed by atoms with van der Waals surface area (Å²) in [4.78, 5) is 10.8. The number of ether oxygens (including phenoxy) is 1. The van der Waals surface area contributed by atoms with Crippen LogP contribution in [-0.2, 0) is 9.53 Å². The zero-order valence-electron chi connectivity index (χ0n) is 7.81. The average molecular weight is 252 g/mol. The van der Waals surface area contributed by atoms with Crippen LogP contribution in [0, 0.1) is 5.82 Å². The predicted octanol–water partition coefficient (Wildman–Crippen LogP) is 2.72. The highest BCUT2D eigenvalue weighted by Crippen LogP contribution is 2.27. The summed E-state index contributed by atoms with van der Waals surface area (Å²) >= 11 is 11.1. The lowest BCUT2D eigenvalue weighted by Crippen LogP contribution is -2.14. The largest absolute Gasteiger partial charge is 0.468 e. The Hall–Kier alpha value is -1.00. The number of carbonyl (C=O) groups excluding carboxylic acids is 1. The van der Waals surface area contributed by atoms with E-state index in [2.05, 4.69) is 10.1 Å². The van der Waals surface area contributed by atoms with Gasteiger partial charge in [0, 0.05) is 5.69 Å². The number of nitrogens with one attached hydrogen (secondary N) is 1. The molecule has 0 aliphatic heterocycles. The Morgan fingerprint density at radius 2 is 2.00 bits per heavy atom. The average Bonchev–Trinajstić information content (AvgIpc) is 2.22.